The normalized spacial score (nSPS) is 11.5. The molecular formula is C22H18ClN3O3S2. The number of rotatable bonds is 6. The molecule has 2 aromatic carbocycles. The largest absolute Gasteiger partial charge is 0.278 e. The third kappa shape index (κ3) is 4.76. The van der Waals surface area contributed by atoms with Crippen molar-refractivity contribution in [3.05, 3.63) is 99.6 Å². The summed E-state index contributed by atoms with van der Waals surface area (Å²) in [5.41, 5.74) is 2.01. The minimum atomic E-state index is -3.73. The van der Waals surface area contributed by atoms with Crippen LogP contribution in [0.15, 0.2) is 87.5 Å². The van der Waals surface area contributed by atoms with Crippen molar-refractivity contribution in [2.45, 2.75) is 22.5 Å². The zero-order valence-electron chi connectivity index (χ0n) is 16.4. The van der Waals surface area contributed by atoms with Crippen LogP contribution in [0, 0.1) is 6.92 Å². The molecule has 0 aliphatic rings. The number of hydrogen-bond acceptors (Lipinski definition) is 5. The van der Waals surface area contributed by atoms with Crippen LogP contribution in [0.3, 0.4) is 0 Å². The van der Waals surface area contributed by atoms with Crippen LogP contribution in [0.25, 0.3) is 5.65 Å². The average Bonchev–Trinajstić information content (AvgIpc) is 2.73. The number of hydrogen-bond donors (Lipinski definition) is 1. The van der Waals surface area contributed by atoms with E-state index in [0.717, 1.165) is 4.90 Å². The molecule has 1 N–H and O–H groups in total. The smallest absolute Gasteiger partial charge is 0.262 e. The zero-order valence-corrected chi connectivity index (χ0v) is 18.8. The molecule has 9 heteroatoms. The van der Waals surface area contributed by atoms with Gasteiger partial charge in [-0.2, -0.15) is 0 Å². The Bertz CT molecular complexity index is 1440. The van der Waals surface area contributed by atoms with Crippen molar-refractivity contribution in [3.63, 3.8) is 0 Å². The van der Waals surface area contributed by atoms with E-state index in [2.05, 4.69) is 9.71 Å². The molecule has 2 aromatic heterocycles. The monoisotopic (exact) mass is 471 g/mol. The number of pyridine rings is 1. The van der Waals surface area contributed by atoms with Crippen molar-refractivity contribution >= 4 is 44.7 Å². The third-order valence-corrected chi connectivity index (χ3v) is 7.42. The maximum absolute atomic E-state index is 12.9. The van der Waals surface area contributed by atoms with Crippen LogP contribution in [0.5, 0.6) is 0 Å². The first-order chi connectivity index (χ1) is 14.8. The summed E-state index contributed by atoms with van der Waals surface area (Å²) >= 11 is 7.35. The fourth-order valence-electron chi connectivity index (χ4n) is 3.09. The van der Waals surface area contributed by atoms with E-state index in [1.165, 1.54) is 28.4 Å². The van der Waals surface area contributed by atoms with Crippen molar-refractivity contribution in [3.8, 4) is 0 Å². The van der Waals surface area contributed by atoms with Gasteiger partial charge < -0.3 is 0 Å². The van der Waals surface area contributed by atoms with Gasteiger partial charge in [-0.05, 0) is 42.8 Å². The number of sulfonamides is 1. The lowest BCUT2D eigenvalue weighted by Gasteiger charge is -2.13. The second-order valence-electron chi connectivity index (χ2n) is 6.82. The first kappa shape index (κ1) is 21.4. The number of halogens is 1. The molecule has 0 fully saturated rings. The molecule has 0 aliphatic heterocycles. The van der Waals surface area contributed by atoms with E-state index < -0.39 is 10.0 Å². The van der Waals surface area contributed by atoms with Gasteiger partial charge >= 0.3 is 0 Å². The van der Waals surface area contributed by atoms with Crippen LogP contribution in [0.2, 0.25) is 5.02 Å². The van der Waals surface area contributed by atoms with Crippen LogP contribution in [-0.2, 0) is 15.8 Å². The Labute approximate surface area is 189 Å². The highest BCUT2D eigenvalue weighted by atomic mass is 35.5. The summed E-state index contributed by atoms with van der Waals surface area (Å²) in [6, 6.07) is 18.8. The van der Waals surface area contributed by atoms with Crippen molar-refractivity contribution < 1.29 is 8.42 Å². The highest BCUT2D eigenvalue weighted by molar-refractivity contribution is 7.98. The quantitative estimate of drug-likeness (QED) is 0.410. The molecular weight excluding hydrogens is 454 g/mol. The summed E-state index contributed by atoms with van der Waals surface area (Å²) in [5, 5.41) is 0.452. The molecule has 0 saturated carbocycles. The SMILES string of the molecule is Cc1ccccc1S(=O)(=O)Nc1ccccc1SCc1cc(=O)n2cc(Cl)ccc2n1. The van der Waals surface area contributed by atoms with Gasteiger partial charge in [-0.25, -0.2) is 13.4 Å². The molecule has 0 saturated heterocycles. The van der Waals surface area contributed by atoms with Crippen molar-refractivity contribution in [1.29, 1.82) is 0 Å². The van der Waals surface area contributed by atoms with Gasteiger partial charge in [0.2, 0.25) is 0 Å². The lowest BCUT2D eigenvalue weighted by Crippen LogP contribution is -2.15. The van der Waals surface area contributed by atoms with Crippen LogP contribution in [0.4, 0.5) is 5.69 Å². The third-order valence-electron chi connectivity index (χ3n) is 4.57. The van der Waals surface area contributed by atoms with E-state index in [1.54, 1.807) is 55.5 Å². The molecule has 0 aliphatic carbocycles. The molecule has 6 nitrogen and oxygen atoms in total. The molecule has 158 valence electrons. The number of anilines is 1. The van der Waals surface area contributed by atoms with E-state index in [0.29, 0.717) is 33.4 Å². The predicted octanol–water partition coefficient (Wildman–Crippen LogP) is 4.75. The maximum atomic E-state index is 12.9. The number of aryl methyl sites for hydroxylation is 1. The first-order valence-electron chi connectivity index (χ1n) is 9.32. The Hall–Kier alpha value is -2.81. The summed E-state index contributed by atoms with van der Waals surface area (Å²) in [7, 11) is -3.73. The second kappa shape index (κ2) is 8.74. The number of nitrogens with one attached hydrogen (secondary N) is 1. The van der Waals surface area contributed by atoms with Crippen molar-refractivity contribution in [2.24, 2.45) is 0 Å². The second-order valence-corrected chi connectivity index (χ2v) is 9.92. The molecule has 0 atom stereocenters. The fraction of sp³-hybridized carbons (Fsp3) is 0.0909. The van der Waals surface area contributed by atoms with Crippen LogP contribution < -0.4 is 10.3 Å². The molecule has 0 amide bonds. The van der Waals surface area contributed by atoms with E-state index in [9.17, 15) is 13.2 Å². The lowest BCUT2D eigenvalue weighted by molar-refractivity contribution is 0.600. The highest BCUT2D eigenvalue weighted by Crippen LogP contribution is 2.31. The van der Waals surface area contributed by atoms with E-state index in [4.69, 9.17) is 11.6 Å². The standard InChI is InChI=1S/C22H18ClN3O3S2/c1-15-6-2-5-9-20(15)31(28,29)25-18-7-3-4-8-19(18)30-14-17-12-22(27)26-13-16(23)10-11-21(26)24-17/h2-13,25H,14H2,1H3. The molecule has 4 rings (SSSR count). The minimum absolute atomic E-state index is 0.225. The highest BCUT2D eigenvalue weighted by Gasteiger charge is 2.18. The van der Waals surface area contributed by atoms with Crippen LogP contribution >= 0.6 is 23.4 Å². The molecule has 0 bridgehead atoms. The fourth-order valence-corrected chi connectivity index (χ4v) is 5.54. The number of thioether (sulfide) groups is 1. The molecule has 0 radical (unpaired) electrons. The van der Waals surface area contributed by atoms with Gasteiger partial charge in [0, 0.05) is 22.9 Å². The van der Waals surface area contributed by atoms with Crippen molar-refractivity contribution in [1.82, 2.24) is 9.38 Å². The summed E-state index contributed by atoms with van der Waals surface area (Å²) in [4.78, 5) is 17.8. The van der Waals surface area contributed by atoms with Crippen LogP contribution in [0.1, 0.15) is 11.3 Å². The Morgan fingerprint density at radius 2 is 1.81 bits per heavy atom. The van der Waals surface area contributed by atoms with Gasteiger partial charge in [0.1, 0.15) is 5.65 Å². The number of nitrogens with zero attached hydrogens (tertiary/aromatic N) is 2. The van der Waals surface area contributed by atoms with Crippen LogP contribution in [-0.4, -0.2) is 17.8 Å². The zero-order chi connectivity index (χ0) is 22.0. The van der Waals surface area contributed by atoms with Crippen molar-refractivity contribution in [2.75, 3.05) is 4.72 Å². The predicted molar refractivity (Wildman–Crippen MR) is 124 cm³/mol. The Kier molecular flexibility index (Phi) is 6.04. The number of para-hydroxylation sites is 1. The topological polar surface area (TPSA) is 80.5 Å². The lowest BCUT2D eigenvalue weighted by atomic mass is 10.2. The first-order valence-corrected chi connectivity index (χ1v) is 12.2. The van der Waals surface area contributed by atoms with Gasteiger partial charge in [0.25, 0.3) is 15.6 Å². The van der Waals surface area contributed by atoms with E-state index in [1.807, 2.05) is 12.1 Å². The Morgan fingerprint density at radius 1 is 1.06 bits per heavy atom. The van der Waals surface area contributed by atoms with Gasteiger partial charge in [0.15, 0.2) is 0 Å². The minimum Gasteiger partial charge on any atom is -0.278 e. The molecule has 31 heavy (non-hydrogen) atoms. The number of benzene rings is 2. The molecule has 4 aromatic rings. The summed E-state index contributed by atoms with van der Waals surface area (Å²) in [6.07, 6.45) is 1.53. The van der Waals surface area contributed by atoms with Gasteiger partial charge in [0.05, 0.1) is 21.3 Å². The molecule has 0 spiro atoms. The molecule has 0 unspecified atom stereocenters. The summed E-state index contributed by atoms with van der Waals surface area (Å²) in [6.45, 7) is 1.76. The number of aromatic nitrogens is 2. The Morgan fingerprint density at radius 3 is 2.61 bits per heavy atom. The molecule has 2 heterocycles. The number of fused-ring (bicyclic) bond motifs is 1. The van der Waals surface area contributed by atoms with Gasteiger partial charge in [-0.1, -0.05) is 41.9 Å². The summed E-state index contributed by atoms with van der Waals surface area (Å²) < 4.78 is 29.8. The maximum Gasteiger partial charge on any atom is 0.262 e. The van der Waals surface area contributed by atoms with E-state index in [-0.39, 0.29) is 10.5 Å². The van der Waals surface area contributed by atoms with Gasteiger partial charge in [-0.15, -0.1) is 11.8 Å². The average molecular weight is 472 g/mol. The van der Waals surface area contributed by atoms with E-state index >= 15 is 0 Å². The summed E-state index contributed by atoms with van der Waals surface area (Å²) in [5.74, 6) is 0.400. The Balaban J connectivity index is 1.59. The van der Waals surface area contributed by atoms with Gasteiger partial charge in [-0.3, -0.25) is 13.9 Å².